The van der Waals surface area contributed by atoms with Gasteiger partial charge < -0.3 is 9.47 Å². The van der Waals surface area contributed by atoms with Crippen molar-refractivity contribution in [3.05, 3.63) is 42.0 Å². The molecule has 1 heterocycles. The van der Waals surface area contributed by atoms with Crippen molar-refractivity contribution < 1.29 is 23.7 Å². The molecule has 104 valence electrons. The van der Waals surface area contributed by atoms with Gasteiger partial charge in [-0.3, -0.25) is 0 Å². The molecule has 1 aliphatic heterocycles. The molecule has 0 aromatic heterocycles. The second-order valence-electron chi connectivity index (χ2n) is 4.31. The highest BCUT2D eigenvalue weighted by molar-refractivity contribution is 6.12. The van der Waals surface area contributed by atoms with E-state index in [1.54, 1.807) is 37.5 Å². The number of ether oxygens (including phenoxy) is 2. The summed E-state index contributed by atoms with van der Waals surface area (Å²) in [5.41, 5.74) is 1.31. The van der Waals surface area contributed by atoms with Crippen LogP contribution in [-0.2, 0) is 9.53 Å². The normalized spacial score (nSPS) is 21.4. The van der Waals surface area contributed by atoms with Crippen LogP contribution in [0.15, 0.2) is 41.5 Å². The van der Waals surface area contributed by atoms with E-state index >= 15 is 0 Å². The first-order valence-electron chi connectivity index (χ1n) is 5.93. The molecule has 2 rings (SSSR count). The topological polar surface area (TPSA) is 65.0 Å². The lowest BCUT2D eigenvalue weighted by atomic mass is 10.1. The van der Waals surface area contributed by atoms with Crippen LogP contribution in [0.3, 0.4) is 0 Å². The quantitative estimate of drug-likeness (QED) is 0.771. The standard InChI is InChI=1S/C14H15N2O4/c1-16(14(18)20-3)13(17)9-8-12(15-16)10-4-6-11(19-2)7-5-10/h4-9H,1-3H3/q+1. The van der Waals surface area contributed by atoms with E-state index in [9.17, 15) is 9.59 Å². The van der Waals surface area contributed by atoms with Crippen molar-refractivity contribution in [3.8, 4) is 5.75 Å². The smallest absolute Gasteiger partial charge is 0.497 e. The number of likely N-dealkylation sites (N-methyl/N-ethyl adjacent to an activating group) is 1. The lowest BCUT2D eigenvalue weighted by Gasteiger charge is -2.22. The number of allylic oxidation sites excluding steroid dienone is 1. The molecule has 1 aromatic carbocycles. The highest BCUT2D eigenvalue weighted by Gasteiger charge is 2.44. The fourth-order valence-corrected chi connectivity index (χ4v) is 1.82. The van der Waals surface area contributed by atoms with Gasteiger partial charge in [-0.2, -0.15) is 4.79 Å². The maximum atomic E-state index is 11.9. The first-order valence-corrected chi connectivity index (χ1v) is 5.93. The zero-order chi connectivity index (χ0) is 14.8. The number of amides is 2. The Bertz CT molecular complexity index is 604. The molecule has 0 bridgehead atoms. The third-order valence-electron chi connectivity index (χ3n) is 3.04. The van der Waals surface area contributed by atoms with Crippen molar-refractivity contribution in [2.75, 3.05) is 21.3 Å². The molecule has 6 nitrogen and oxygen atoms in total. The summed E-state index contributed by atoms with van der Waals surface area (Å²) in [5.74, 6) is 0.268. The number of quaternary nitrogens is 1. The molecular formula is C14H15N2O4+. The number of benzene rings is 1. The number of rotatable bonds is 2. The molecular weight excluding hydrogens is 260 g/mol. The molecule has 0 saturated heterocycles. The molecule has 0 radical (unpaired) electrons. The van der Waals surface area contributed by atoms with Crippen LogP contribution in [0.25, 0.3) is 0 Å². The Morgan fingerprint density at radius 2 is 1.80 bits per heavy atom. The minimum Gasteiger partial charge on any atom is -0.497 e. The third-order valence-corrected chi connectivity index (χ3v) is 3.04. The molecule has 6 heteroatoms. The number of hydrogen-bond donors (Lipinski definition) is 0. The Morgan fingerprint density at radius 3 is 2.35 bits per heavy atom. The Hall–Kier alpha value is -2.47. The minimum atomic E-state index is -0.783. The predicted octanol–water partition coefficient (Wildman–Crippen LogP) is 1.71. The highest BCUT2D eigenvalue weighted by atomic mass is 16.6. The van der Waals surface area contributed by atoms with Crippen LogP contribution < -0.4 is 4.74 Å². The second-order valence-corrected chi connectivity index (χ2v) is 4.31. The van der Waals surface area contributed by atoms with E-state index in [2.05, 4.69) is 9.84 Å². The number of hydrogen-bond acceptors (Lipinski definition) is 5. The summed E-state index contributed by atoms with van der Waals surface area (Å²) in [7, 11) is 4.19. The summed E-state index contributed by atoms with van der Waals surface area (Å²) < 4.78 is 8.93. The van der Waals surface area contributed by atoms with Crippen LogP contribution in [-0.4, -0.2) is 43.6 Å². The van der Waals surface area contributed by atoms with Gasteiger partial charge in [0, 0.05) is 11.6 Å². The van der Waals surface area contributed by atoms with Crippen LogP contribution in [0.2, 0.25) is 0 Å². The lowest BCUT2D eigenvalue weighted by molar-refractivity contribution is -0.764. The summed E-state index contributed by atoms with van der Waals surface area (Å²) in [6.45, 7) is 0. The maximum Gasteiger partial charge on any atom is 0.550 e. The van der Waals surface area contributed by atoms with Gasteiger partial charge in [0.05, 0.1) is 14.2 Å². The number of nitrogens with zero attached hydrogens (tertiary/aromatic N) is 2. The molecule has 0 spiro atoms. The van der Waals surface area contributed by atoms with Crippen molar-refractivity contribution in [2.45, 2.75) is 0 Å². The van der Waals surface area contributed by atoms with Crippen molar-refractivity contribution in [1.82, 2.24) is 0 Å². The largest absolute Gasteiger partial charge is 0.550 e. The number of methoxy groups -OCH3 is 2. The van der Waals surface area contributed by atoms with E-state index in [4.69, 9.17) is 4.74 Å². The Balaban J connectivity index is 2.41. The molecule has 1 unspecified atom stereocenters. The lowest BCUT2D eigenvalue weighted by Crippen LogP contribution is -2.50. The van der Waals surface area contributed by atoms with Crippen LogP contribution in [0.5, 0.6) is 5.75 Å². The SMILES string of the molecule is COC(=O)[N+]1(C)N=C(c2ccc(OC)cc2)C=CC1=O. The van der Waals surface area contributed by atoms with Gasteiger partial charge in [0.15, 0.2) is 0 Å². The molecule has 0 saturated carbocycles. The van der Waals surface area contributed by atoms with Crippen LogP contribution in [0.4, 0.5) is 4.79 Å². The number of carbonyl (C=O) groups excluding carboxylic acids is 2. The zero-order valence-corrected chi connectivity index (χ0v) is 11.5. The summed E-state index contributed by atoms with van der Waals surface area (Å²) in [6.07, 6.45) is 2.17. The van der Waals surface area contributed by atoms with Gasteiger partial charge in [-0.25, -0.2) is 4.79 Å². The number of imide groups is 1. The van der Waals surface area contributed by atoms with E-state index < -0.39 is 16.6 Å². The molecule has 0 N–H and O–H groups in total. The van der Waals surface area contributed by atoms with Crippen LogP contribution in [0.1, 0.15) is 5.56 Å². The Labute approximate surface area is 116 Å². The van der Waals surface area contributed by atoms with Crippen molar-refractivity contribution in [2.24, 2.45) is 5.10 Å². The van der Waals surface area contributed by atoms with Crippen molar-refractivity contribution >= 4 is 17.7 Å². The molecule has 20 heavy (non-hydrogen) atoms. The second kappa shape index (κ2) is 5.26. The van der Waals surface area contributed by atoms with E-state index in [0.717, 1.165) is 11.3 Å². The van der Waals surface area contributed by atoms with Crippen molar-refractivity contribution in [3.63, 3.8) is 0 Å². The minimum absolute atomic E-state index is 0.450. The average molecular weight is 275 g/mol. The molecule has 0 aliphatic carbocycles. The third kappa shape index (κ3) is 2.33. The van der Waals surface area contributed by atoms with Gasteiger partial charge in [0.1, 0.15) is 18.5 Å². The summed E-state index contributed by atoms with van der Waals surface area (Å²) >= 11 is 0. The van der Waals surface area contributed by atoms with E-state index in [1.165, 1.54) is 20.2 Å². The van der Waals surface area contributed by atoms with E-state index in [-0.39, 0.29) is 0 Å². The average Bonchev–Trinajstić information content (AvgIpc) is 2.49. The summed E-state index contributed by atoms with van der Waals surface area (Å²) in [5, 5.41) is 4.19. The number of carbonyl (C=O) groups is 2. The highest BCUT2D eigenvalue weighted by Crippen LogP contribution is 2.19. The Kier molecular flexibility index (Phi) is 3.67. The van der Waals surface area contributed by atoms with Crippen LogP contribution >= 0.6 is 0 Å². The van der Waals surface area contributed by atoms with Gasteiger partial charge >= 0.3 is 12.0 Å². The monoisotopic (exact) mass is 275 g/mol. The molecule has 1 aliphatic rings. The maximum absolute atomic E-state index is 11.9. The summed E-state index contributed by atoms with van der Waals surface area (Å²) in [6, 6.07) is 7.17. The van der Waals surface area contributed by atoms with E-state index in [0.29, 0.717) is 5.71 Å². The van der Waals surface area contributed by atoms with Gasteiger partial charge in [0.25, 0.3) is 0 Å². The fraction of sp³-hybridized carbons (Fsp3) is 0.214. The Morgan fingerprint density at radius 1 is 1.15 bits per heavy atom. The van der Waals surface area contributed by atoms with Gasteiger partial charge in [0.2, 0.25) is 0 Å². The van der Waals surface area contributed by atoms with Crippen molar-refractivity contribution in [1.29, 1.82) is 0 Å². The predicted molar refractivity (Wildman–Crippen MR) is 72.3 cm³/mol. The summed E-state index contributed by atoms with van der Waals surface area (Å²) in [4.78, 5) is 23.6. The van der Waals surface area contributed by atoms with Gasteiger partial charge in [-0.1, -0.05) is 5.10 Å². The zero-order valence-electron chi connectivity index (χ0n) is 11.5. The van der Waals surface area contributed by atoms with Gasteiger partial charge in [-0.15, -0.1) is 0 Å². The molecule has 1 aromatic rings. The van der Waals surface area contributed by atoms with Crippen LogP contribution in [0, 0.1) is 0 Å². The first kappa shape index (κ1) is 14.0. The molecule has 2 amide bonds. The fourth-order valence-electron chi connectivity index (χ4n) is 1.82. The first-order chi connectivity index (χ1) is 9.51. The molecule has 0 fully saturated rings. The molecule has 1 atom stereocenters. The van der Waals surface area contributed by atoms with E-state index in [1.807, 2.05) is 0 Å². The van der Waals surface area contributed by atoms with Gasteiger partial charge in [-0.05, 0) is 34.9 Å².